The monoisotopic (exact) mass is 262 g/mol. The number of amides is 1. The smallest absolute Gasteiger partial charge is 0.309 e. The second-order valence-electron chi connectivity index (χ2n) is 5.33. The lowest BCUT2D eigenvalue weighted by Crippen LogP contribution is -2.30. The van der Waals surface area contributed by atoms with Crippen LogP contribution in [0.25, 0.3) is 0 Å². The van der Waals surface area contributed by atoms with Crippen molar-refractivity contribution >= 4 is 17.6 Å². The maximum absolute atomic E-state index is 12.2. The number of pyridine rings is 1. The zero-order valence-corrected chi connectivity index (χ0v) is 11.0. The van der Waals surface area contributed by atoms with E-state index in [1.165, 1.54) is 6.20 Å². The Morgan fingerprint density at radius 2 is 2.05 bits per heavy atom. The molecule has 1 fully saturated rings. The van der Waals surface area contributed by atoms with E-state index in [0.29, 0.717) is 11.4 Å². The Bertz CT molecular complexity index is 476. The first-order chi connectivity index (χ1) is 8.99. The van der Waals surface area contributed by atoms with Gasteiger partial charge in [-0.15, -0.1) is 0 Å². The van der Waals surface area contributed by atoms with E-state index in [4.69, 9.17) is 5.11 Å². The number of carboxylic acid groups (broad SMARTS) is 1. The zero-order valence-electron chi connectivity index (χ0n) is 11.0. The fraction of sp³-hybridized carbons (Fsp3) is 0.500. The number of carboxylic acids is 1. The van der Waals surface area contributed by atoms with E-state index in [1.54, 1.807) is 12.1 Å². The topological polar surface area (TPSA) is 79.3 Å². The van der Waals surface area contributed by atoms with Crippen LogP contribution in [0.1, 0.15) is 38.3 Å². The Kier molecular flexibility index (Phi) is 3.83. The van der Waals surface area contributed by atoms with Gasteiger partial charge in [-0.3, -0.25) is 14.6 Å². The molecule has 0 radical (unpaired) electrons. The largest absolute Gasteiger partial charge is 0.481 e. The highest BCUT2D eigenvalue weighted by Gasteiger charge is 2.36. The number of carbonyl (C=O) groups is 2. The van der Waals surface area contributed by atoms with Crippen LogP contribution in [0.5, 0.6) is 0 Å². The molecule has 0 spiro atoms. The first-order valence-corrected chi connectivity index (χ1v) is 6.48. The van der Waals surface area contributed by atoms with Gasteiger partial charge in [-0.25, -0.2) is 0 Å². The maximum atomic E-state index is 12.2. The summed E-state index contributed by atoms with van der Waals surface area (Å²) in [4.78, 5) is 26.7. The van der Waals surface area contributed by atoms with E-state index in [9.17, 15) is 9.59 Å². The number of aromatic nitrogens is 1. The quantitative estimate of drug-likeness (QED) is 0.872. The molecule has 2 rings (SSSR count). The van der Waals surface area contributed by atoms with Gasteiger partial charge in [-0.05, 0) is 25.0 Å². The molecule has 0 bridgehead atoms. The van der Waals surface area contributed by atoms with Crippen LogP contribution in [0.2, 0.25) is 0 Å². The molecule has 102 valence electrons. The minimum atomic E-state index is -0.914. The summed E-state index contributed by atoms with van der Waals surface area (Å²) in [5.41, 5.74) is 0.824. The number of nitrogens with zero attached hydrogens (tertiary/aromatic N) is 1. The van der Waals surface area contributed by atoms with Crippen LogP contribution >= 0.6 is 0 Å². The Labute approximate surface area is 112 Å². The number of hydrogen-bond donors (Lipinski definition) is 2. The van der Waals surface area contributed by atoms with Gasteiger partial charge in [0, 0.05) is 5.41 Å². The molecule has 1 aromatic heterocycles. The van der Waals surface area contributed by atoms with Crippen LogP contribution in [0.3, 0.4) is 0 Å². The van der Waals surface area contributed by atoms with Gasteiger partial charge in [-0.2, -0.15) is 0 Å². The van der Waals surface area contributed by atoms with E-state index < -0.39 is 5.97 Å². The first kappa shape index (κ1) is 13.5. The molecular formula is C14H18N2O3. The normalized spacial score (nSPS) is 17.1. The molecule has 1 aliphatic carbocycles. The predicted molar refractivity (Wildman–Crippen MR) is 70.8 cm³/mol. The SMILES string of the molecule is CC1(C(=O)Nc2ccc(CC(=O)O)nc2)CCCC1. The van der Waals surface area contributed by atoms with Gasteiger partial charge in [0.1, 0.15) is 0 Å². The van der Waals surface area contributed by atoms with Crippen molar-refractivity contribution in [3.05, 3.63) is 24.0 Å². The molecule has 1 heterocycles. The minimum Gasteiger partial charge on any atom is -0.481 e. The van der Waals surface area contributed by atoms with Crippen molar-refractivity contribution < 1.29 is 14.7 Å². The number of aliphatic carboxylic acids is 1. The van der Waals surface area contributed by atoms with E-state index in [-0.39, 0.29) is 17.7 Å². The molecule has 2 N–H and O–H groups in total. The average Bonchev–Trinajstić information content (AvgIpc) is 2.79. The standard InChI is InChI=1S/C14H18N2O3/c1-14(6-2-3-7-14)13(19)16-11-5-4-10(15-9-11)8-12(17)18/h4-5,9H,2-3,6-8H2,1H3,(H,16,19)(H,17,18). The number of hydrogen-bond acceptors (Lipinski definition) is 3. The molecule has 0 saturated heterocycles. The molecule has 19 heavy (non-hydrogen) atoms. The highest BCUT2D eigenvalue weighted by Crippen LogP contribution is 2.38. The van der Waals surface area contributed by atoms with Crippen molar-refractivity contribution in [2.75, 3.05) is 5.32 Å². The number of anilines is 1. The molecule has 0 aliphatic heterocycles. The highest BCUT2D eigenvalue weighted by atomic mass is 16.4. The van der Waals surface area contributed by atoms with Gasteiger partial charge < -0.3 is 10.4 Å². The molecular weight excluding hydrogens is 244 g/mol. The van der Waals surface area contributed by atoms with Crippen molar-refractivity contribution in [3.8, 4) is 0 Å². The summed E-state index contributed by atoms with van der Waals surface area (Å²) >= 11 is 0. The van der Waals surface area contributed by atoms with Crippen LogP contribution in [0.15, 0.2) is 18.3 Å². The van der Waals surface area contributed by atoms with Crippen molar-refractivity contribution in [2.45, 2.75) is 39.0 Å². The predicted octanol–water partition coefficient (Wildman–Crippen LogP) is 2.23. The van der Waals surface area contributed by atoms with Crippen molar-refractivity contribution in [2.24, 2.45) is 5.41 Å². The van der Waals surface area contributed by atoms with E-state index in [0.717, 1.165) is 25.7 Å². The lowest BCUT2D eigenvalue weighted by Gasteiger charge is -2.22. The number of rotatable bonds is 4. The molecule has 5 nitrogen and oxygen atoms in total. The van der Waals surface area contributed by atoms with Crippen LogP contribution in [0.4, 0.5) is 5.69 Å². The Morgan fingerprint density at radius 3 is 2.58 bits per heavy atom. The van der Waals surface area contributed by atoms with Crippen molar-refractivity contribution in [3.63, 3.8) is 0 Å². The lowest BCUT2D eigenvalue weighted by molar-refractivity contribution is -0.136. The van der Waals surface area contributed by atoms with Crippen LogP contribution < -0.4 is 5.32 Å². The highest BCUT2D eigenvalue weighted by molar-refractivity contribution is 5.95. The molecule has 1 saturated carbocycles. The molecule has 0 atom stereocenters. The third-order valence-corrected chi connectivity index (χ3v) is 3.67. The Hall–Kier alpha value is -1.91. The fourth-order valence-electron chi connectivity index (χ4n) is 2.42. The molecule has 5 heteroatoms. The summed E-state index contributed by atoms with van der Waals surface area (Å²) in [6, 6.07) is 3.32. The first-order valence-electron chi connectivity index (χ1n) is 6.48. The van der Waals surface area contributed by atoms with Crippen LogP contribution in [-0.4, -0.2) is 22.0 Å². The van der Waals surface area contributed by atoms with Crippen molar-refractivity contribution in [1.29, 1.82) is 0 Å². The molecule has 1 aliphatic rings. The fourth-order valence-corrected chi connectivity index (χ4v) is 2.42. The zero-order chi connectivity index (χ0) is 13.9. The summed E-state index contributed by atoms with van der Waals surface area (Å²) in [7, 11) is 0. The molecule has 1 amide bonds. The van der Waals surface area contributed by atoms with Gasteiger partial charge >= 0.3 is 5.97 Å². The molecule has 0 aromatic carbocycles. The van der Waals surface area contributed by atoms with E-state index in [2.05, 4.69) is 10.3 Å². The summed E-state index contributed by atoms with van der Waals surface area (Å²) in [6.45, 7) is 1.99. The van der Waals surface area contributed by atoms with Gasteiger partial charge in [0.15, 0.2) is 0 Å². The minimum absolute atomic E-state index is 0.0257. The van der Waals surface area contributed by atoms with Gasteiger partial charge in [0.2, 0.25) is 5.91 Å². The van der Waals surface area contributed by atoms with Crippen molar-refractivity contribution in [1.82, 2.24) is 4.98 Å². The maximum Gasteiger partial charge on any atom is 0.309 e. The summed E-state index contributed by atoms with van der Waals surface area (Å²) in [5.74, 6) is -0.888. The third kappa shape index (κ3) is 3.30. The second kappa shape index (κ2) is 5.38. The summed E-state index contributed by atoms with van der Waals surface area (Å²) in [5, 5.41) is 11.5. The van der Waals surface area contributed by atoms with Crippen LogP contribution in [0, 0.1) is 5.41 Å². The molecule has 0 unspecified atom stereocenters. The number of nitrogens with one attached hydrogen (secondary N) is 1. The van der Waals surface area contributed by atoms with Crippen LogP contribution in [-0.2, 0) is 16.0 Å². The van der Waals surface area contributed by atoms with Gasteiger partial charge in [0.25, 0.3) is 0 Å². The lowest BCUT2D eigenvalue weighted by atomic mass is 9.88. The Morgan fingerprint density at radius 1 is 1.37 bits per heavy atom. The van der Waals surface area contributed by atoms with Gasteiger partial charge in [0.05, 0.1) is 24.0 Å². The average molecular weight is 262 g/mol. The third-order valence-electron chi connectivity index (χ3n) is 3.67. The Balaban J connectivity index is 1.99. The molecule has 1 aromatic rings. The summed E-state index contributed by atoms with van der Waals surface area (Å²) in [6.07, 6.45) is 5.44. The second-order valence-corrected chi connectivity index (χ2v) is 5.33. The van der Waals surface area contributed by atoms with E-state index in [1.807, 2.05) is 6.92 Å². The van der Waals surface area contributed by atoms with Gasteiger partial charge in [-0.1, -0.05) is 19.8 Å². The van der Waals surface area contributed by atoms with E-state index >= 15 is 0 Å². The summed E-state index contributed by atoms with van der Waals surface area (Å²) < 4.78 is 0. The number of carbonyl (C=O) groups excluding carboxylic acids is 1.